The lowest BCUT2D eigenvalue weighted by atomic mass is 10.2. The first-order valence-corrected chi connectivity index (χ1v) is 6.37. The fourth-order valence-corrected chi connectivity index (χ4v) is 2.22. The monoisotopic (exact) mass is 277 g/mol. The van der Waals surface area contributed by atoms with Crippen LogP contribution in [-0.2, 0) is 4.79 Å². The van der Waals surface area contributed by atoms with E-state index in [0.29, 0.717) is 11.3 Å². The summed E-state index contributed by atoms with van der Waals surface area (Å²) in [7, 11) is 0. The second-order valence-corrected chi connectivity index (χ2v) is 4.59. The van der Waals surface area contributed by atoms with Gasteiger partial charge in [0.25, 0.3) is 5.91 Å². The number of phenolic OH excluding ortho intramolecular Hbond substituents is 1. The van der Waals surface area contributed by atoms with Gasteiger partial charge in [-0.25, -0.2) is 0 Å². The molecule has 19 heavy (non-hydrogen) atoms. The first kappa shape index (κ1) is 13.1. The van der Waals surface area contributed by atoms with Crippen LogP contribution in [-0.4, -0.2) is 28.6 Å². The average Bonchev–Trinajstić information content (AvgIpc) is 2.90. The quantitative estimate of drug-likeness (QED) is 0.898. The molecular weight excluding hydrogens is 266 g/mol. The molecule has 0 atom stereocenters. The maximum atomic E-state index is 12.2. The number of anilines is 1. The van der Waals surface area contributed by atoms with E-state index in [1.165, 1.54) is 35.6 Å². The maximum Gasteiger partial charge on any atom is 0.323 e. The molecule has 2 aromatic rings. The zero-order valence-electron chi connectivity index (χ0n) is 9.81. The number of carboxylic acid groups (broad SMARTS) is 1. The van der Waals surface area contributed by atoms with Gasteiger partial charge in [0.15, 0.2) is 0 Å². The molecule has 0 aliphatic rings. The van der Waals surface area contributed by atoms with Crippen molar-refractivity contribution in [3.8, 4) is 5.75 Å². The lowest BCUT2D eigenvalue weighted by Gasteiger charge is -2.20. The minimum atomic E-state index is -1.10. The molecule has 2 N–H and O–H groups in total. The number of aromatic hydroxyl groups is 1. The lowest BCUT2D eigenvalue weighted by Crippen LogP contribution is -2.35. The van der Waals surface area contributed by atoms with E-state index in [0.717, 1.165) is 4.90 Å². The van der Waals surface area contributed by atoms with Crippen LogP contribution in [0.25, 0.3) is 0 Å². The Labute approximate surface area is 113 Å². The third-order valence-electron chi connectivity index (χ3n) is 2.47. The van der Waals surface area contributed by atoms with Gasteiger partial charge in [-0.2, -0.15) is 11.3 Å². The summed E-state index contributed by atoms with van der Waals surface area (Å²) in [5.74, 6) is -1.42. The van der Waals surface area contributed by atoms with Gasteiger partial charge in [0.2, 0.25) is 0 Å². The smallest absolute Gasteiger partial charge is 0.323 e. The molecule has 1 heterocycles. The predicted molar refractivity (Wildman–Crippen MR) is 71.7 cm³/mol. The summed E-state index contributed by atoms with van der Waals surface area (Å²) in [6, 6.07) is 7.46. The van der Waals surface area contributed by atoms with Crippen LogP contribution in [0, 0.1) is 0 Å². The number of carbonyl (C=O) groups is 2. The molecule has 0 radical (unpaired) electrons. The van der Waals surface area contributed by atoms with Crippen molar-refractivity contribution < 1.29 is 19.8 Å². The summed E-state index contributed by atoms with van der Waals surface area (Å²) in [5.41, 5.74) is 0.871. The van der Waals surface area contributed by atoms with E-state index in [4.69, 9.17) is 5.11 Å². The molecule has 6 heteroatoms. The van der Waals surface area contributed by atoms with Crippen LogP contribution in [0.2, 0.25) is 0 Å². The highest BCUT2D eigenvalue weighted by atomic mass is 32.1. The zero-order valence-corrected chi connectivity index (χ0v) is 10.6. The first-order valence-electron chi connectivity index (χ1n) is 5.43. The number of aliphatic carboxylic acids is 1. The lowest BCUT2D eigenvalue weighted by molar-refractivity contribution is -0.135. The molecule has 2 rings (SSSR count). The van der Waals surface area contributed by atoms with Crippen LogP contribution in [0.15, 0.2) is 41.1 Å². The summed E-state index contributed by atoms with van der Waals surface area (Å²) < 4.78 is 0. The molecule has 0 aliphatic heterocycles. The van der Waals surface area contributed by atoms with Crippen molar-refractivity contribution in [3.63, 3.8) is 0 Å². The Hall–Kier alpha value is -2.34. The van der Waals surface area contributed by atoms with Crippen molar-refractivity contribution in [2.75, 3.05) is 11.4 Å². The number of carboxylic acids is 1. The Morgan fingerprint density at radius 1 is 1.16 bits per heavy atom. The van der Waals surface area contributed by atoms with Gasteiger partial charge in [-0.1, -0.05) is 0 Å². The first-order chi connectivity index (χ1) is 9.08. The van der Waals surface area contributed by atoms with Gasteiger partial charge in [-0.15, -0.1) is 0 Å². The van der Waals surface area contributed by atoms with E-state index in [1.54, 1.807) is 16.8 Å². The summed E-state index contributed by atoms with van der Waals surface area (Å²) >= 11 is 1.37. The summed E-state index contributed by atoms with van der Waals surface area (Å²) in [4.78, 5) is 24.3. The number of rotatable bonds is 4. The van der Waals surface area contributed by atoms with Crippen LogP contribution in [0.4, 0.5) is 5.69 Å². The van der Waals surface area contributed by atoms with Gasteiger partial charge in [0.05, 0.1) is 5.56 Å². The van der Waals surface area contributed by atoms with Crippen LogP contribution in [0.5, 0.6) is 5.75 Å². The Morgan fingerprint density at radius 2 is 1.84 bits per heavy atom. The van der Waals surface area contributed by atoms with Crippen molar-refractivity contribution in [2.24, 2.45) is 0 Å². The second kappa shape index (κ2) is 5.53. The molecule has 0 saturated heterocycles. The Kier molecular flexibility index (Phi) is 3.82. The molecule has 5 nitrogen and oxygen atoms in total. The van der Waals surface area contributed by atoms with Crippen LogP contribution < -0.4 is 4.90 Å². The Bertz CT molecular complexity index is 577. The minimum absolute atomic E-state index is 0.0574. The minimum Gasteiger partial charge on any atom is -0.508 e. The van der Waals surface area contributed by atoms with Crippen molar-refractivity contribution in [1.29, 1.82) is 0 Å². The second-order valence-electron chi connectivity index (χ2n) is 3.81. The SMILES string of the molecule is O=C(O)CN(C(=O)c1ccsc1)c1ccc(O)cc1. The highest BCUT2D eigenvalue weighted by molar-refractivity contribution is 7.08. The van der Waals surface area contributed by atoms with E-state index < -0.39 is 12.5 Å². The van der Waals surface area contributed by atoms with E-state index in [2.05, 4.69) is 0 Å². The maximum absolute atomic E-state index is 12.2. The van der Waals surface area contributed by atoms with Crippen molar-refractivity contribution in [2.45, 2.75) is 0 Å². The van der Waals surface area contributed by atoms with Gasteiger partial charge in [0.1, 0.15) is 12.3 Å². The third-order valence-corrected chi connectivity index (χ3v) is 3.15. The number of carbonyl (C=O) groups excluding carboxylic acids is 1. The zero-order chi connectivity index (χ0) is 13.8. The molecule has 0 aliphatic carbocycles. The number of benzene rings is 1. The van der Waals surface area contributed by atoms with E-state index in [9.17, 15) is 14.7 Å². The molecule has 1 aromatic carbocycles. The fraction of sp³-hybridized carbons (Fsp3) is 0.0769. The molecule has 0 bridgehead atoms. The van der Waals surface area contributed by atoms with Gasteiger partial charge >= 0.3 is 5.97 Å². The molecular formula is C13H11NO4S. The van der Waals surface area contributed by atoms with Gasteiger partial charge in [-0.3, -0.25) is 14.5 Å². The molecule has 0 spiro atoms. The Balaban J connectivity index is 2.33. The summed E-state index contributed by atoms with van der Waals surface area (Å²) in [5, 5.41) is 21.5. The van der Waals surface area contributed by atoms with Crippen LogP contribution >= 0.6 is 11.3 Å². The Morgan fingerprint density at radius 3 is 2.37 bits per heavy atom. The highest BCUT2D eigenvalue weighted by Crippen LogP contribution is 2.21. The summed E-state index contributed by atoms with van der Waals surface area (Å²) in [6.07, 6.45) is 0. The van der Waals surface area contributed by atoms with Gasteiger partial charge in [-0.05, 0) is 35.7 Å². The van der Waals surface area contributed by atoms with Crippen LogP contribution in [0.1, 0.15) is 10.4 Å². The van der Waals surface area contributed by atoms with Crippen molar-refractivity contribution >= 4 is 28.9 Å². The fourth-order valence-electron chi connectivity index (χ4n) is 1.59. The highest BCUT2D eigenvalue weighted by Gasteiger charge is 2.20. The van der Waals surface area contributed by atoms with E-state index in [1.807, 2.05) is 0 Å². The summed E-state index contributed by atoms with van der Waals surface area (Å²) in [6.45, 7) is -0.431. The topological polar surface area (TPSA) is 77.8 Å². The third kappa shape index (κ3) is 3.11. The van der Waals surface area contributed by atoms with E-state index in [-0.39, 0.29) is 11.7 Å². The number of phenols is 1. The predicted octanol–water partition coefficient (Wildman–Crippen LogP) is 2.19. The molecule has 0 saturated carbocycles. The number of amides is 1. The molecule has 1 amide bonds. The van der Waals surface area contributed by atoms with Crippen molar-refractivity contribution in [3.05, 3.63) is 46.7 Å². The molecule has 0 unspecified atom stereocenters. The number of hydrogen-bond donors (Lipinski definition) is 2. The number of hydrogen-bond acceptors (Lipinski definition) is 4. The standard InChI is InChI=1S/C13H11NO4S/c15-11-3-1-10(2-4-11)14(7-12(16)17)13(18)9-5-6-19-8-9/h1-6,8,15H,7H2,(H,16,17). The molecule has 98 valence electrons. The largest absolute Gasteiger partial charge is 0.508 e. The molecule has 1 aromatic heterocycles. The number of nitrogens with zero attached hydrogens (tertiary/aromatic N) is 1. The van der Waals surface area contributed by atoms with Crippen LogP contribution in [0.3, 0.4) is 0 Å². The average molecular weight is 277 g/mol. The normalized spacial score (nSPS) is 10.1. The molecule has 0 fully saturated rings. The number of thiophene rings is 1. The van der Waals surface area contributed by atoms with Crippen molar-refractivity contribution in [1.82, 2.24) is 0 Å². The van der Waals surface area contributed by atoms with Gasteiger partial charge in [0, 0.05) is 11.1 Å². The van der Waals surface area contributed by atoms with E-state index >= 15 is 0 Å². The van der Waals surface area contributed by atoms with Gasteiger partial charge < -0.3 is 10.2 Å².